The minimum Gasteiger partial charge on any atom is -0.490 e. The molecule has 1 aliphatic heterocycles. The summed E-state index contributed by atoms with van der Waals surface area (Å²) in [5.41, 5.74) is 2.06. The van der Waals surface area contributed by atoms with Gasteiger partial charge < -0.3 is 25.4 Å². The Morgan fingerprint density at radius 1 is 0.962 bits per heavy atom. The van der Waals surface area contributed by atoms with Crippen molar-refractivity contribution < 1.29 is 9.47 Å². The molecule has 6 nitrogen and oxygen atoms in total. The molecule has 0 saturated carbocycles. The van der Waals surface area contributed by atoms with Gasteiger partial charge in [-0.3, -0.25) is 4.99 Å². The summed E-state index contributed by atoms with van der Waals surface area (Å²) in [6.45, 7) is 3.10. The fourth-order valence-electron chi connectivity index (χ4n) is 2.64. The van der Waals surface area contributed by atoms with Gasteiger partial charge >= 0.3 is 0 Å². The van der Waals surface area contributed by atoms with Gasteiger partial charge in [-0.2, -0.15) is 0 Å². The molecule has 138 valence electrons. The van der Waals surface area contributed by atoms with E-state index in [1.54, 1.807) is 7.05 Å². The average Bonchev–Trinajstić information content (AvgIpc) is 2.92. The third-order valence-electron chi connectivity index (χ3n) is 3.98. The van der Waals surface area contributed by atoms with Gasteiger partial charge in [0.1, 0.15) is 0 Å². The lowest BCUT2D eigenvalue weighted by Crippen LogP contribution is -2.32. The molecule has 0 amide bonds. The first-order chi connectivity index (χ1) is 12.8. The van der Waals surface area contributed by atoms with Crippen molar-refractivity contribution in [2.75, 3.05) is 44.0 Å². The molecule has 0 saturated heterocycles. The van der Waals surface area contributed by atoms with Crippen LogP contribution >= 0.6 is 0 Å². The molecular formula is C20H26N4O2. The van der Waals surface area contributed by atoms with Crippen LogP contribution in [-0.2, 0) is 0 Å². The maximum Gasteiger partial charge on any atom is 0.195 e. The van der Waals surface area contributed by atoms with E-state index in [1.165, 1.54) is 0 Å². The van der Waals surface area contributed by atoms with E-state index in [2.05, 4.69) is 33.1 Å². The third kappa shape index (κ3) is 5.31. The van der Waals surface area contributed by atoms with Gasteiger partial charge in [0.15, 0.2) is 17.5 Å². The number of para-hydroxylation sites is 1. The van der Waals surface area contributed by atoms with Gasteiger partial charge in [0.2, 0.25) is 0 Å². The number of hydrogen-bond acceptors (Lipinski definition) is 4. The maximum atomic E-state index is 5.73. The number of benzene rings is 2. The SMILES string of the molecule is CN=C(NCCCNc1ccccc1)Nc1ccc2c(c1)OCCCO2. The van der Waals surface area contributed by atoms with Gasteiger partial charge in [-0.15, -0.1) is 0 Å². The molecule has 2 aromatic carbocycles. The lowest BCUT2D eigenvalue weighted by Gasteiger charge is -2.14. The van der Waals surface area contributed by atoms with Crippen LogP contribution in [0.4, 0.5) is 11.4 Å². The van der Waals surface area contributed by atoms with Crippen LogP contribution in [0.5, 0.6) is 11.5 Å². The smallest absolute Gasteiger partial charge is 0.195 e. The summed E-state index contributed by atoms with van der Waals surface area (Å²) in [4.78, 5) is 4.27. The number of anilines is 2. The van der Waals surface area contributed by atoms with Gasteiger partial charge in [0, 0.05) is 44.0 Å². The van der Waals surface area contributed by atoms with Crippen molar-refractivity contribution in [2.45, 2.75) is 12.8 Å². The van der Waals surface area contributed by atoms with Crippen molar-refractivity contribution >= 4 is 17.3 Å². The molecule has 26 heavy (non-hydrogen) atoms. The van der Waals surface area contributed by atoms with Crippen LogP contribution < -0.4 is 25.4 Å². The summed E-state index contributed by atoms with van der Waals surface area (Å²) < 4.78 is 11.4. The molecule has 3 N–H and O–H groups in total. The molecule has 2 aromatic rings. The first kappa shape index (κ1) is 17.9. The Hall–Kier alpha value is -2.89. The lowest BCUT2D eigenvalue weighted by molar-refractivity contribution is 0.297. The Bertz CT molecular complexity index is 719. The molecular weight excluding hydrogens is 328 g/mol. The van der Waals surface area contributed by atoms with Crippen molar-refractivity contribution in [2.24, 2.45) is 4.99 Å². The predicted molar refractivity (Wildman–Crippen MR) is 107 cm³/mol. The molecule has 0 spiro atoms. The molecule has 1 aliphatic rings. The Morgan fingerprint density at radius 2 is 1.77 bits per heavy atom. The van der Waals surface area contributed by atoms with Crippen LogP contribution in [0.25, 0.3) is 0 Å². The number of guanidine groups is 1. The molecule has 0 aromatic heterocycles. The number of fused-ring (bicyclic) bond motifs is 1. The third-order valence-corrected chi connectivity index (χ3v) is 3.98. The summed E-state index contributed by atoms with van der Waals surface area (Å²) >= 11 is 0. The normalized spacial score (nSPS) is 13.7. The van der Waals surface area contributed by atoms with Crippen LogP contribution in [0.1, 0.15) is 12.8 Å². The minimum absolute atomic E-state index is 0.678. The molecule has 3 rings (SSSR count). The Labute approximate surface area is 154 Å². The van der Waals surface area contributed by atoms with Crippen molar-refractivity contribution in [3.63, 3.8) is 0 Å². The highest BCUT2D eigenvalue weighted by Crippen LogP contribution is 2.32. The Morgan fingerprint density at radius 3 is 2.58 bits per heavy atom. The predicted octanol–water partition coefficient (Wildman–Crippen LogP) is 3.34. The second kappa shape index (κ2) is 9.56. The summed E-state index contributed by atoms with van der Waals surface area (Å²) in [6.07, 6.45) is 1.88. The number of hydrogen-bond donors (Lipinski definition) is 3. The number of ether oxygens (including phenoxy) is 2. The average molecular weight is 354 g/mol. The zero-order valence-electron chi connectivity index (χ0n) is 15.1. The molecule has 0 fully saturated rings. The Kier molecular flexibility index (Phi) is 6.59. The van der Waals surface area contributed by atoms with Crippen molar-refractivity contribution in [1.82, 2.24) is 5.32 Å². The van der Waals surface area contributed by atoms with E-state index in [0.29, 0.717) is 13.2 Å². The first-order valence-corrected chi connectivity index (χ1v) is 9.01. The summed E-state index contributed by atoms with van der Waals surface area (Å²) in [7, 11) is 1.76. The van der Waals surface area contributed by atoms with Crippen molar-refractivity contribution in [1.29, 1.82) is 0 Å². The summed E-state index contributed by atoms with van der Waals surface area (Å²) in [5, 5.41) is 10.0. The highest BCUT2D eigenvalue weighted by Gasteiger charge is 2.11. The van der Waals surface area contributed by atoms with Gasteiger partial charge in [0.05, 0.1) is 13.2 Å². The highest BCUT2D eigenvalue weighted by molar-refractivity contribution is 5.93. The number of nitrogens with zero attached hydrogens (tertiary/aromatic N) is 1. The van der Waals surface area contributed by atoms with Crippen molar-refractivity contribution in [3.05, 3.63) is 48.5 Å². The van der Waals surface area contributed by atoms with E-state index in [-0.39, 0.29) is 0 Å². The van der Waals surface area contributed by atoms with E-state index in [9.17, 15) is 0 Å². The maximum absolute atomic E-state index is 5.73. The first-order valence-electron chi connectivity index (χ1n) is 9.01. The molecule has 1 heterocycles. The minimum atomic E-state index is 0.678. The van der Waals surface area contributed by atoms with Crippen LogP contribution in [0.2, 0.25) is 0 Å². The molecule has 0 aliphatic carbocycles. The van der Waals surface area contributed by atoms with E-state index >= 15 is 0 Å². The van der Waals surface area contributed by atoms with Gasteiger partial charge in [-0.25, -0.2) is 0 Å². The molecule has 0 unspecified atom stereocenters. The molecule has 0 radical (unpaired) electrons. The fourth-order valence-corrected chi connectivity index (χ4v) is 2.64. The van der Waals surface area contributed by atoms with E-state index < -0.39 is 0 Å². The second-order valence-corrected chi connectivity index (χ2v) is 5.98. The summed E-state index contributed by atoms with van der Waals surface area (Å²) in [6, 6.07) is 16.1. The fraction of sp³-hybridized carbons (Fsp3) is 0.350. The van der Waals surface area contributed by atoms with E-state index in [1.807, 2.05) is 36.4 Å². The standard InChI is InChI=1S/C20H26N4O2/c1-21-20(23-12-5-11-22-16-7-3-2-4-8-16)24-17-9-10-18-19(15-17)26-14-6-13-25-18/h2-4,7-10,15,22H,5-6,11-14H2,1H3,(H2,21,23,24). The molecule has 0 atom stereocenters. The van der Waals surface area contributed by atoms with Crippen LogP contribution in [0.3, 0.4) is 0 Å². The van der Waals surface area contributed by atoms with Crippen LogP contribution in [0.15, 0.2) is 53.5 Å². The topological polar surface area (TPSA) is 66.9 Å². The van der Waals surface area contributed by atoms with E-state index in [0.717, 1.165) is 54.8 Å². The lowest BCUT2D eigenvalue weighted by atomic mass is 10.2. The second-order valence-electron chi connectivity index (χ2n) is 5.98. The number of nitrogens with one attached hydrogen (secondary N) is 3. The Balaban J connectivity index is 1.44. The van der Waals surface area contributed by atoms with E-state index in [4.69, 9.17) is 9.47 Å². The summed E-state index contributed by atoms with van der Waals surface area (Å²) in [5.74, 6) is 2.30. The monoisotopic (exact) mass is 354 g/mol. The van der Waals surface area contributed by atoms with Gasteiger partial charge in [-0.05, 0) is 30.7 Å². The zero-order chi connectivity index (χ0) is 18.0. The molecule has 0 bridgehead atoms. The number of aliphatic imine (C=N–C) groups is 1. The highest BCUT2D eigenvalue weighted by atomic mass is 16.5. The largest absolute Gasteiger partial charge is 0.490 e. The number of rotatable bonds is 6. The van der Waals surface area contributed by atoms with Gasteiger partial charge in [0.25, 0.3) is 0 Å². The molecule has 6 heteroatoms. The van der Waals surface area contributed by atoms with Crippen molar-refractivity contribution in [3.8, 4) is 11.5 Å². The van der Waals surface area contributed by atoms with Crippen LogP contribution in [0, 0.1) is 0 Å². The van der Waals surface area contributed by atoms with Crippen LogP contribution in [-0.4, -0.2) is 39.3 Å². The zero-order valence-corrected chi connectivity index (χ0v) is 15.1. The van der Waals surface area contributed by atoms with Gasteiger partial charge in [-0.1, -0.05) is 18.2 Å². The quantitative estimate of drug-likeness (QED) is 0.422.